The van der Waals surface area contributed by atoms with E-state index >= 15 is 0 Å². The molecule has 1 amide bonds. The van der Waals surface area contributed by atoms with Gasteiger partial charge in [-0.25, -0.2) is 4.39 Å². The molecule has 0 saturated heterocycles. The minimum atomic E-state index is -0.608. The van der Waals surface area contributed by atoms with Crippen LogP contribution in [0, 0.1) is 5.82 Å². The number of hydrogen-bond donors (Lipinski definition) is 2. The first-order chi connectivity index (χ1) is 8.58. The Bertz CT molecular complexity index is 604. The van der Waals surface area contributed by atoms with E-state index in [2.05, 4.69) is 10.3 Å². The Kier molecular flexibility index (Phi) is 3.43. The molecule has 2 aromatic rings. The monoisotopic (exact) mass is 265 g/mol. The zero-order valence-electron chi connectivity index (χ0n) is 9.15. The van der Waals surface area contributed by atoms with E-state index in [1.54, 1.807) is 0 Å². The average molecular weight is 266 g/mol. The molecule has 0 unspecified atom stereocenters. The molecule has 0 radical (unpaired) electrons. The number of halogens is 2. The van der Waals surface area contributed by atoms with Gasteiger partial charge in [-0.2, -0.15) is 0 Å². The smallest absolute Gasteiger partial charge is 0.257 e. The lowest BCUT2D eigenvalue weighted by Crippen LogP contribution is -2.15. The molecule has 4 nitrogen and oxygen atoms in total. The van der Waals surface area contributed by atoms with E-state index in [9.17, 15) is 9.18 Å². The summed E-state index contributed by atoms with van der Waals surface area (Å²) in [7, 11) is 0. The van der Waals surface area contributed by atoms with Crippen molar-refractivity contribution in [1.82, 2.24) is 4.98 Å². The van der Waals surface area contributed by atoms with Crippen molar-refractivity contribution in [3.05, 3.63) is 53.1 Å². The third-order valence-electron chi connectivity index (χ3n) is 2.28. The molecule has 0 bridgehead atoms. The molecule has 0 aliphatic carbocycles. The highest BCUT2D eigenvalue weighted by Gasteiger charge is 2.12. The Labute approximate surface area is 108 Å². The van der Waals surface area contributed by atoms with Gasteiger partial charge in [0.1, 0.15) is 5.82 Å². The molecule has 92 valence electrons. The van der Waals surface area contributed by atoms with Gasteiger partial charge in [0.05, 0.1) is 23.1 Å². The van der Waals surface area contributed by atoms with Gasteiger partial charge in [-0.15, -0.1) is 0 Å². The first-order valence-electron chi connectivity index (χ1n) is 5.04. The number of carbonyl (C=O) groups excluding carboxylic acids is 1. The van der Waals surface area contributed by atoms with Gasteiger partial charge in [-0.1, -0.05) is 11.6 Å². The van der Waals surface area contributed by atoms with Gasteiger partial charge in [-0.05, 0) is 24.3 Å². The minimum absolute atomic E-state index is 0.0422. The van der Waals surface area contributed by atoms with Crippen LogP contribution in [0.1, 0.15) is 10.4 Å². The second kappa shape index (κ2) is 5.01. The molecule has 0 aliphatic rings. The van der Waals surface area contributed by atoms with Crippen molar-refractivity contribution in [2.24, 2.45) is 0 Å². The van der Waals surface area contributed by atoms with Crippen molar-refractivity contribution in [3.63, 3.8) is 0 Å². The predicted octanol–water partition coefficient (Wildman–Crippen LogP) is 2.71. The lowest BCUT2D eigenvalue weighted by Gasteiger charge is -2.08. The topological polar surface area (TPSA) is 68.0 Å². The van der Waals surface area contributed by atoms with Crippen LogP contribution in [-0.4, -0.2) is 10.9 Å². The number of amides is 1. The number of anilines is 2. The third kappa shape index (κ3) is 2.57. The summed E-state index contributed by atoms with van der Waals surface area (Å²) in [5, 5.41) is 2.67. The molecule has 1 heterocycles. The van der Waals surface area contributed by atoms with Crippen LogP contribution in [-0.2, 0) is 0 Å². The number of rotatable bonds is 2. The predicted molar refractivity (Wildman–Crippen MR) is 68.0 cm³/mol. The van der Waals surface area contributed by atoms with Gasteiger partial charge in [0, 0.05) is 11.2 Å². The Morgan fingerprint density at radius 2 is 2.17 bits per heavy atom. The summed E-state index contributed by atoms with van der Waals surface area (Å²) < 4.78 is 13.5. The second-order valence-corrected chi connectivity index (χ2v) is 3.98. The maximum absolute atomic E-state index is 13.5. The summed E-state index contributed by atoms with van der Waals surface area (Å²) in [6, 6.07) is 5.44. The summed E-state index contributed by atoms with van der Waals surface area (Å²) in [6.45, 7) is 0. The number of nitrogen functional groups attached to an aromatic ring is 1. The number of nitrogens with two attached hydrogens (primary N) is 1. The van der Waals surface area contributed by atoms with Crippen molar-refractivity contribution >= 4 is 28.9 Å². The molecule has 18 heavy (non-hydrogen) atoms. The van der Waals surface area contributed by atoms with Crippen LogP contribution in [0.25, 0.3) is 0 Å². The SMILES string of the molecule is Nc1cnccc1C(=O)Nc1ccc(Cl)cc1F. The molecule has 2 rings (SSSR count). The van der Waals surface area contributed by atoms with Gasteiger partial charge in [0.25, 0.3) is 5.91 Å². The van der Waals surface area contributed by atoms with Crippen molar-refractivity contribution < 1.29 is 9.18 Å². The van der Waals surface area contributed by atoms with E-state index in [-0.39, 0.29) is 22.0 Å². The molecule has 0 aliphatic heterocycles. The fourth-order valence-corrected chi connectivity index (χ4v) is 1.55. The summed E-state index contributed by atoms with van der Waals surface area (Å²) in [6.07, 6.45) is 2.79. The molecule has 0 atom stereocenters. The summed E-state index contributed by atoms with van der Waals surface area (Å²) in [5.74, 6) is -1.11. The molecule has 0 fully saturated rings. The Morgan fingerprint density at radius 3 is 2.83 bits per heavy atom. The Hall–Kier alpha value is -2.14. The first kappa shape index (κ1) is 12.3. The van der Waals surface area contributed by atoms with Crippen molar-refractivity contribution in [1.29, 1.82) is 0 Å². The first-order valence-corrected chi connectivity index (χ1v) is 5.41. The van der Waals surface area contributed by atoms with Gasteiger partial charge in [0.2, 0.25) is 0 Å². The summed E-state index contributed by atoms with van der Waals surface area (Å²) >= 11 is 5.61. The molecule has 0 spiro atoms. The number of nitrogens with zero attached hydrogens (tertiary/aromatic N) is 1. The normalized spacial score (nSPS) is 10.1. The van der Waals surface area contributed by atoms with E-state index in [0.717, 1.165) is 6.07 Å². The highest BCUT2D eigenvalue weighted by molar-refractivity contribution is 6.30. The van der Waals surface area contributed by atoms with Crippen LogP contribution >= 0.6 is 11.6 Å². The quantitative estimate of drug-likeness (QED) is 0.877. The minimum Gasteiger partial charge on any atom is -0.397 e. The van der Waals surface area contributed by atoms with Crippen molar-refractivity contribution in [2.45, 2.75) is 0 Å². The molecule has 1 aromatic heterocycles. The summed E-state index contributed by atoms with van der Waals surface area (Å²) in [5.41, 5.74) is 6.10. The lowest BCUT2D eigenvalue weighted by molar-refractivity contribution is 0.102. The number of carbonyl (C=O) groups is 1. The molecule has 3 N–H and O–H groups in total. The van der Waals surface area contributed by atoms with Crippen molar-refractivity contribution in [3.8, 4) is 0 Å². The van der Waals surface area contributed by atoms with E-state index in [4.69, 9.17) is 17.3 Å². The largest absolute Gasteiger partial charge is 0.397 e. The van der Waals surface area contributed by atoms with Gasteiger partial charge in [0.15, 0.2) is 0 Å². The number of nitrogens with one attached hydrogen (secondary N) is 1. The van der Waals surface area contributed by atoms with Crippen LogP contribution in [0.4, 0.5) is 15.8 Å². The number of hydrogen-bond acceptors (Lipinski definition) is 3. The molecule has 6 heteroatoms. The van der Waals surface area contributed by atoms with E-state index in [1.165, 1.54) is 30.6 Å². The van der Waals surface area contributed by atoms with Crippen LogP contribution in [0.3, 0.4) is 0 Å². The fraction of sp³-hybridized carbons (Fsp3) is 0. The van der Waals surface area contributed by atoms with Crippen LogP contribution in [0.15, 0.2) is 36.7 Å². The van der Waals surface area contributed by atoms with Gasteiger partial charge >= 0.3 is 0 Å². The second-order valence-electron chi connectivity index (χ2n) is 3.54. The fourth-order valence-electron chi connectivity index (χ4n) is 1.39. The van der Waals surface area contributed by atoms with Gasteiger partial charge < -0.3 is 11.1 Å². The third-order valence-corrected chi connectivity index (χ3v) is 2.51. The van der Waals surface area contributed by atoms with E-state index < -0.39 is 11.7 Å². The molecule has 0 saturated carbocycles. The zero-order valence-corrected chi connectivity index (χ0v) is 9.91. The van der Waals surface area contributed by atoms with E-state index in [1.807, 2.05) is 0 Å². The molecular formula is C12H9ClFN3O. The lowest BCUT2D eigenvalue weighted by atomic mass is 10.2. The zero-order chi connectivity index (χ0) is 13.1. The highest BCUT2D eigenvalue weighted by atomic mass is 35.5. The van der Waals surface area contributed by atoms with Crippen LogP contribution in [0.5, 0.6) is 0 Å². The van der Waals surface area contributed by atoms with Crippen LogP contribution in [0.2, 0.25) is 5.02 Å². The maximum atomic E-state index is 13.5. The van der Waals surface area contributed by atoms with Crippen molar-refractivity contribution in [2.75, 3.05) is 11.1 Å². The highest BCUT2D eigenvalue weighted by Crippen LogP contribution is 2.20. The number of pyridine rings is 1. The van der Waals surface area contributed by atoms with E-state index in [0.29, 0.717) is 0 Å². The molecular weight excluding hydrogens is 257 g/mol. The number of aromatic nitrogens is 1. The summed E-state index contributed by atoms with van der Waals surface area (Å²) in [4.78, 5) is 15.6. The Morgan fingerprint density at radius 1 is 1.39 bits per heavy atom. The van der Waals surface area contributed by atoms with Crippen LogP contribution < -0.4 is 11.1 Å². The average Bonchev–Trinajstić information content (AvgIpc) is 2.33. The number of benzene rings is 1. The standard InChI is InChI=1S/C12H9ClFN3O/c13-7-1-2-11(9(14)5-7)17-12(18)8-3-4-16-6-10(8)15/h1-6H,15H2,(H,17,18). The maximum Gasteiger partial charge on any atom is 0.257 e. The molecule has 1 aromatic carbocycles. The Balaban J connectivity index is 2.24. The van der Waals surface area contributed by atoms with Gasteiger partial charge in [-0.3, -0.25) is 9.78 Å².